The Bertz CT molecular complexity index is 144. The van der Waals surface area contributed by atoms with Gasteiger partial charge in [0.2, 0.25) is 0 Å². The summed E-state index contributed by atoms with van der Waals surface area (Å²) in [4.78, 5) is 17.1. The van der Waals surface area contributed by atoms with Crippen molar-refractivity contribution < 1.29 is 14.4 Å². The van der Waals surface area contributed by atoms with E-state index >= 15 is 0 Å². The van der Waals surface area contributed by atoms with Gasteiger partial charge in [0.15, 0.2) is 0 Å². The predicted molar refractivity (Wildman–Crippen MR) is 61.4 cm³/mol. The van der Waals surface area contributed by atoms with E-state index in [-0.39, 0.29) is 16.1 Å². The van der Waals surface area contributed by atoms with Crippen molar-refractivity contribution in [3.05, 3.63) is 0 Å². The summed E-state index contributed by atoms with van der Waals surface area (Å²) < 4.78 is 10.4. The summed E-state index contributed by atoms with van der Waals surface area (Å²) in [5.41, 5.74) is 0. The van der Waals surface area contributed by atoms with Gasteiger partial charge in [0.05, 0.1) is 0 Å². The van der Waals surface area contributed by atoms with Crippen LogP contribution in [0.25, 0.3) is 0 Å². The maximum Gasteiger partial charge on any atom is 0.325 e. The fourth-order valence-electron chi connectivity index (χ4n) is 1.10. The van der Waals surface area contributed by atoms with Gasteiger partial charge in [-0.2, -0.15) is 9.90 Å². The second-order valence-corrected chi connectivity index (χ2v) is 4.93. The van der Waals surface area contributed by atoms with E-state index in [2.05, 4.69) is 6.92 Å². The zero-order chi connectivity index (χ0) is 9.45. The van der Waals surface area contributed by atoms with E-state index in [0.29, 0.717) is 6.42 Å². The van der Waals surface area contributed by atoms with E-state index in [0.717, 1.165) is 12.8 Å². The summed E-state index contributed by atoms with van der Waals surface area (Å²) in [6.45, 7) is 2.15. The van der Waals surface area contributed by atoms with Gasteiger partial charge in [0.1, 0.15) is 0 Å². The molecule has 0 heterocycles. The number of unbranched alkanes of at least 4 members (excludes halogenated alkanes) is 5. The van der Waals surface area contributed by atoms with Gasteiger partial charge in [-0.05, 0) is 6.42 Å². The standard InChI is InChI=1S/C8H19O3P.H3P/c1-2-3-4-5-6-7-8-12(9,10)11;/h2-8H2,1H3,(H2,9,10,11);1H3. The molecular weight excluding hydrogens is 206 g/mol. The second kappa shape index (κ2) is 9.15. The fraction of sp³-hybridized carbons (Fsp3) is 1.00. The lowest BCUT2D eigenvalue weighted by Gasteiger charge is -2.02. The molecule has 3 nitrogen and oxygen atoms in total. The van der Waals surface area contributed by atoms with Gasteiger partial charge in [0, 0.05) is 6.16 Å². The topological polar surface area (TPSA) is 57.5 Å². The molecule has 1 unspecified atom stereocenters. The van der Waals surface area contributed by atoms with E-state index < -0.39 is 7.60 Å². The van der Waals surface area contributed by atoms with Crippen molar-refractivity contribution in [1.82, 2.24) is 0 Å². The minimum atomic E-state index is -3.72. The predicted octanol–water partition coefficient (Wildman–Crippen LogP) is 2.58. The molecule has 0 radical (unpaired) electrons. The smallest absolute Gasteiger partial charge is 0.324 e. The molecule has 13 heavy (non-hydrogen) atoms. The van der Waals surface area contributed by atoms with Crippen molar-refractivity contribution in [2.24, 2.45) is 0 Å². The molecule has 0 amide bonds. The molecule has 1 atom stereocenters. The first-order valence-corrected chi connectivity index (χ1v) is 6.40. The molecule has 0 aromatic carbocycles. The van der Waals surface area contributed by atoms with Crippen molar-refractivity contribution in [1.29, 1.82) is 0 Å². The Morgan fingerprint density at radius 2 is 1.46 bits per heavy atom. The van der Waals surface area contributed by atoms with Crippen LogP contribution < -0.4 is 0 Å². The van der Waals surface area contributed by atoms with E-state index in [9.17, 15) is 4.57 Å². The van der Waals surface area contributed by atoms with Crippen LogP contribution in [0, 0.1) is 0 Å². The first-order chi connectivity index (χ1) is 5.56. The number of rotatable bonds is 7. The Balaban J connectivity index is 0. The fourth-order valence-corrected chi connectivity index (χ4v) is 1.73. The summed E-state index contributed by atoms with van der Waals surface area (Å²) in [5.74, 6) is 0. The molecule has 82 valence electrons. The SMILES string of the molecule is CCCCCCCCP(=O)(O)O.P. The van der Waals surface area contributed by atoms with Crippen LogP contribution in [0.4, 0.5) is 0 Å². The minimum Gasteiger partial charge on any atom is -0.324 e. The molecule has 0 bridgehead atoms. The van der Waals surface area contributed by atoms with Gasteiger partial charge in [-0.3, -0.25) is 4.57 Å². The highest BCUT2D eigenvalue weighted by molar-refractivity contribution is 7.51. The Kier molecular flexibility index (Phi) is 11.3. The van der Waals surface area contributed by atoms with Crippen LogP contribution in [0.5, 0.6) is 0 Å². The lowest BCUT2D eigenvalue weighted by Crippen LogP contribution is -1.88. The zero-order valence-corrected chi connectivity index (χ0v) is 10.7. The van der Waals surface area contributed by atoms with Gasteiger partial charge in [-0.25, -0.2) is 0 Å². The molecule has 0 aliphatic heterocycles. The summed E-state index contributed by atoms with van der Waals surface area (Å²) in [6.07, 6.45) is 6.40. The van der Waals surface area contributed by atoms with Crippen LogP contribution in [0.1, 0.15) is 45.4 Å². The highest BCUT2D eigenvalue weighted by atomic mass is 31.2. The van der Waals surface area contributed by atoms with Gasteiger partial charge < -0.3 is 9.79 Å². The molecule has 0 aromatic heterocycles. The van der Waals surface area contributed by atoms with Crippen molar-refractivity contribution in [3.63, 3.8) is 0 Å². The zero-order valence-electron chi connectivity index (χ0n) is 8.41. The molecule has 0 saturated carbocycles. The van der Waals surface area contributed by atoms with E-state index in [4.69, 9.17) is 9.79 Å². The quantitative estimate of drug-likeness (QED) is 0.520. The third kappa shape index (κ3) is 15.3. The molecule has 0 rings (SSSR count). The second-order valence-electron chi connectivity index (χ2n) is 3.16. The summed E-state index contributed by atoms with van der Waals surface area (Å²) in [6, 6.07) is 0. The van der Waals surface area contributed by atoms with Gasteiger partial charge in [-0.1, -0.05) is 39.0 Å². The monoisotopic (exact) mass is 228 g/mol. The molecule has 2 N–H and O–H groups in total. The van der Waals surface area contributed by atoms with Crippen molar-refractivity contribution in [3.8, 4) is 0 Å². The minimum absolute atomic E-state index is 0. The largest absolute Gasteiger partial charge is 0.325 e. The first kappa shape index (κ1) is 16.0. The molecule has 0 spiro atoms. The summed E-state index contributed by atoms with van der Waals surface area (Å²) in [5, 5.41) is 0. The lowest BCUT2D eigenvalue weighted by atomic mass is 10.1. The summed E-state index contributed by atoms with van der Waals surface area (Å²) >= 11 is 0. The van der Waals surface area contributed by atoms with Crippen LogP contribution in [0.3, 0.4) is 0 Å². The van der Waals surface area contributed by atoms with E-state index in [1.165, 1.54) is 19.3 Å². The van der Waals surface area contributed by atoms with Crippen molar-refractivity contribution >= 4 is 17.5 Å². The molecule has 0 aliphatic carbocycles. The van der Waals surface area contributed by atoms with Crippen molar-refractivity contribution in [2.75, 3.05) is 6.16 Å². The lowest BCUT2D eigenvalue weighted by molar-refractivity contribution is 0.370. The molecule has 0 aliphatic rings. The normalized spacial score (nSPS) is 11.0. The average molecular weight is 228 g/mol. The third-order valence-corrected chi connectivity index (χ3v) is 2.70. The van der Waals surface area contributed by atoms with E-state index in [1.807, 2.05) is 0 Å². The highest BCUT2D eigenvalue weighted by Crippen LogP contribution is 2.35. The summed E-state index contributed by atoms with van der Waals surface area (Å²) in [7, 11) is -3.72. The van der Waals surface area contributed by atoms with Crippen LogP contribution in [0.15, 0.2) is 0 Å². The van der Waals surface area contributed by atoms with E-state index in [1.54, 1.807) is 0 Å². The first-order valence-electron chi connectivity index (χ1n) is 4.61. The Morgan fingerprint density at radius 1 is 1.00 bits per heavy atom. The van der Waals surface area contributed by atoms with Crippen LogP contribution in [-0.2, 0) is 4.57 Å². The van der Waals surface area contributed by atoms with Gasteiger partial charge in [0.25, 0.3) is 0 Å². The van der Waals surface area contributed by atoms with Crippen LogP contribution >= 0.6 is 17.5 Å². The van der Waals surface area contributed by atoms with Crippen molar-refractivity contribution in [2.45, 2.75) is 45.4 Å². The third-order valence-electron chi connectivity index (χ3n) is 1.80. The Hall–Kier alpha value is 0.580. The maximum atomic E-state index is 10.4. The molecule has 0 fully saturated rings. The Morgan fingerprint density at radius 3 is 1.92 bits per heavy atom. The molecule has 5 heteroatoms. The van der Waals surface area contributed by atoms with Crippen LogP contribution in [-0.4, -0.2) is 15.9 Å². The highest BCUT2D eigenvalue weighted by Gasteiger charge is 2.10. The molecule has 0 saturated heterocycles. The number of hydrogen-bond donors (Lipinski definition) is 2. The maximum absolute atomic E-state index is 10.4. The molecular formula is C8H22O3P2. The Labute approximate surface area is 84.1 Å². The van der Waals surface area contributed by atoms with Gasteiger partial charge in [-0.15, -0.1) is 0 Å². The molecule has 0 aromatic rings. The van der Waals surface area contributed by atoms with Gasteiger partial charge >= 0.3 is 7.60 Å². The number of hydrogen-bond acceptors (Lipinski definition) is 1. The van der Waals surface area contributed by atoms with Crippen LogP contribution in [0.2, 0.25) is 0 Å². The average Bonchev–Trinajstić information content (AvgIpc) is 1.94.